The summed E-state index contributed by atoms with van der Waals surface area (Å²) in [4.78, 5) is 15.6. The van der Waals surface area contributed by atoms with Gasteiger partial charge < -0.3 is 19.7 Å². The average Bonchev–Trinajstić information content (AvgIpc) is 2.99. The molecule has 26 heavy (non-hydrogen) atoms. The maximum absolute atomic E-state index is 13.4. The summed E-state index contributed by atoms with van der Waals surface area (Å²) in [5, 5.41) is 12.6. The Kier molecular flexibility index (Phi) is 5.60. The second kappa shape index (κ2) is 7.36. The van der Waals surface area contributed by atoms with Crippen LogP contribution in [0.2, 0.25) is 0 Å². The summed E-state index contributed by atoms with van der Waals surface area (Å²) in [7, 11) is 2.82. The van der Waals surface area contributed by atoms with Gasteiger partial charge in [0.1, 0.15) is 5.75 Å². The van der Waals surface area contributed by atoms with E-state index in [1.54, 1.807) is 18.2 Å². The van der Waals surface area contributed by atoms with Crippen molar-refractivity contribution in [2.45, 2.75) is 31.7 Å². The molecule has 1 unspecified atom stereocenters. The number of nitrogens with zero attached hydrogens (tertiary/aromatic N) is 2. The van der Waals surface area contributed by atoms with E-state index >= 15 is 0 Å². The van der Waals surface area contributed by atoms with Gasteiger partial charge in [-0.2, -0.15) is 13.2 Å². The lowest BCUT2D eigenvalue weighted by molar-refractivity contribution is -0.271. The van der Waals surface area contributed by atoms with Crippen LogP contribution < -0.4 is 10.1 Å². The van der Waals surface area contributed by atoms with Gasteiger partial charge in [-0.05, 0) is 24.1 Å². The second-order valence-corrected chi connectivity index (χ2v) is 5.98. The Bertz CT molecular complexity index is 789. The molecule has 0 radical (unpaired) electrons. The highest BCUT2D eigenvalue weighted by molar-refractivity contribution is 5.77. The molecule has 1 amide bonds. The van der Waals surface area contributed by atoms with Crippen LogP contribution in [0, 0.1) is 6.92 Å². The molecule has 1 heterocycles. The highest BCUT2D eigenvalue weighted by atomic mass is 19.4. The predicted molar refractivity (Wildman–Crippen MR) is 87.4 cm³/mol. The van der Waals surface area contributed by atoms with Crippen LogP contribution in [0.5, 0.6) is 5.75 Å². The largest absolute Gasteiger partial charge is 0.496 e. The lowest BCUT2D eigenvalue weighted by atomic mass is 9.97. The molecule has 1 aromatic heterocycles. The zero-order valence-electron chi connectivity index (χ0n) is 14.6. The highest BCUT2D eigenvalue weighted by Gasteiger charge is 2.58. The highest BCUT2D eigenvalue weighted by Crippen LogP contribution is 2.40. The smallest absolute Gasteiger partial charge is 0.425 e. The standard InChI is InChI=1S/C17H20F3N3O3/c1-11-4-5-12(8-13(11)26-3)10-22-14(24)9-16(25,17(18,19)20)15-21-6-7-23(15)2/h4-8,25H,9-10H2,1-3H3,(H,22,24). The average molecular weight is 371 g/mol. The Labute approximate surface area is 148 Å². The van der Waals surface area contributed by atoms with E-state index in [1.807, 2.05) is 6.92 Å². The normalized spacial score (nSPS) is 14.0. The molecule has 1 atom stereocenters. The number of rotatable bonds is 6. The van der Waals surface area contributed by atoms with Gasteiger partial charge in [-0.3, -0.25) is 4.79 Å². The summed E-state index contributed by atoms with van der Waals surface area (Å²) in [6, 6.07) is 5.19. The molecule has 0 saturated carbocycles. The number of hydrogen-bond acceptors (Lipinski definition) is 4. The van der Waals surface area contributed by atoms with Crippen LogP contribution >= 0.6 is 0 Å². The van der Waals surface area contributed by atoms with Crippen molar-refractivity contribution in [3.63, 3.8) is 0 Å². The number of nitrogens with one attached hydrogen (secondary N) is 1. The van der Waals surface area contributed by atoms with Crippen molar-refractivity contribution in [3.8, 4) is 5.75 Å². The number of carbonyl (C=O) groups is 1. The van der Waals surface area contributed by atoms with Gasteiger partial charge in [0.2, 0.25) is 11.5 Å². The molecule has 0 bridgehead atoms. The molecule has 0 aliphatic heterocycles. The number of amides is 1. The molecule has 0 spiro atoms. The van der Waals surface area contributed by atoms with Crippen molar-refractivity contribution in [3.05, 3.63) is 47.5 Å². The molecule has 0 saturated heterocycles. The number of methoxy groups -OCH3 is 1. The molecule has 142 valence electrons. The fourth-order valence-corrected chi connectivity index (χ4v) is 2.54. The monoisotopic (exact) mass is 371 g/mol. The fraction of sp³-hybridized carbons (Fsp3) is 0.412. The maximum Gasteiger partial charge on any atom is 0.425 e. The van der Waals surface area contributed by atoms with E-state index in [0.717, 1.165) is 16.3 Å². The van der Waals surface area contributed by atoms with Crippen LogP contribution in [0.1, 0.15) is 23.4 Å². The van der Waals surface area contributed by atoms with E-state index in [1.165, 1.54) is 20.4 Å². The summed E-state index contributed by atoms with van der Waals surface area (Å²) in [6.07, 6.45) is -3.86. The van der Waals surface area contributed by atoms with Crippen LogP contribution in [0.15, 0.2) is 30.6 Å². The second-order valence-electron chi connectivity index (χ2n) is 5.98. The van der Waals surface area contributed by atoms with E-state index in [0.29, 0.717) is 11.3 Å². The number of carbonyl (C=O) groups excluding carboxylic acids is 1. The van der Waals surface area contributed by atoms with Crippen LogP contribution in [0.25, 0.3) is 0 Å². The quantitative estimate of drug-likeness (QED) is 0.816. The molecule has 2 aromatic rings. The number of aromatic nitrogens is 2. The lowest BCUT2D eigenvalue weighted by Crippen LogP contribution is -2.47. The molecule has 0 aliphatic rings. The van der Waals surface area contributed by atoms with E-state index in [4.69, 9.17) is 4.74 Å². The van der Waals surface area contributed by atoms with E-state index in [-0.39, 0.29) is 6.54 Å². The fourth-order valence-electron chi connectivity index (χ4n) is 2.54. The summed E-state index contributed by atoms with van der Waals surface area (Å²) >= 11 is 0. The molecule has 0 aliphatic carbocycles. The summed E-state index contributed by atoms with van der Waals surface area (Å²) in [5.74, 6) is -0.985. The Morgan fingerprint density at radius 2 is 2.08 bits per heavy atom. The van der Waals surface area contributed by atoms with Crippen molar-refractivity contribution in [1.82, 2.24) is 14.9 Å². The van der Waals surface area contributed by atoms with Gasteiger partial charge in [-0.15, -0.1) is 0 Å². The van der Waals surface area contributed by atoms with Crippen molar-refractivity contribution < 1.29 is 27.8 Å². The van der Waals surface area contributed by atoms with Gasteiger partial charge >= 0.3 is 6.18 Å². The summed E-state index contributed by atoms with van der Waals surface area (Å²) in [5.41, 5.74) is -1.82. The third-order valence-electron chi connectivity index (χ3n) is 4.04. The Hall–Kier alpha value is -2.55. The lowest BCUT2D eigenvalue weighted by Gasteiger charge is -2.29. The molecule has 2 rings (SSSR count). The Balaban J connectivity index is 2.13. The zero-order valence-corrected chi connectivity index (χ0v) is 14.6. The van der Waals surface area contributed by atoms with Gasteiger partial charge in [0.05, 0.1) is 13.5 Å². The Morgan fingerprint density at radius 1 is 1.38 bits per heavy atom. The number of hydrogen-bond donors (Lipinski definition) is 2. The van der Waals surface area contributed by atoms with Gasteiger partial charge in [0.25, 0.3) is 0 Å². The van der Waals surface area contributed by atoms with Crippen molar-refractivity contribution in [2.24, 2.45) is 7.05 Å². The molecule has 0 fully saturated rings. The van der Waals surface area contributed by atoms with Crippen molar-refractivity contribution in [1.29, 1.82) is 0 Å². The first-order chi connectivity index (χ1) is 12.1. The SMILES string of the molecule is COc1cc(CNC(=O)CC(O)(c2nccn2C)C(F)(F)F)ccc1C. The zero-order chi connectivity index (χ0) is 19.5. The van der Waals surface area contributed by atoms with Crippen molar-refractivity contribution in [2.75, 3.05) is 7.11 Å². The van der Waals surface area contributed by atoms with Crippen LogP contribution in [-0.4, -0.2) is 33.9 Å². The molecule has 6 nitrogen and oxygen atoms in total. The number of alkyl halides is 3. The molecular weight excluding hydrogens is 351 g/mol. The van der Waals surface area contributed by atoms with Crippen molar-refractivity contribution >= 4 is 5.91 Å². The molecular formula is C17H20F3N3O3. The first-order valence-electron chi connectivity index (χ1n) is 7.75. The number of ether oxygens (including phenoxy) is 1. The van der Waals surface area contributed by atoms with Gasteiger partial charge in [0, 0.05) is 26.0 Å². The topological polar surface area (TPSA) is 76.4 Å². The van der Waals surface area contributed by atoms with Crippen LogP contribution in [-0.2, 0) is 24.0 Å². The minimum Gasteiger partial charge on any atom is -0.496 e. The van der Waals surface area contributed by atoms with E-state index < -0.39 is 29.9 Å². The minimum atomic E-state index is -5.06. The summed E-state index contributed by atoms with van der Waals surface area (Å²) in [6.45, 7) is 1.85. The molecule has 9 heteroatoms. The molecule has 2 N–H and O–H groups in total. The predicted octanol–water partition coefficient (Wildman–Crippen LogP) is 2.19. The van der Waals surface area contributed by atoms with E-state index in [2.05, 4.69) is 10.3 Å². The molecule has 1 aromatic carbocycles. The van der Waals surface area contributed by atoms with Gasteiger partial charge in [-0.25, -0.2) is 4.98 Å². The van der Waals surface area contributed by atoms with E-state index in [9.17, 15) is 23.1 Å². The van der Waals surface area contributed by atoms with Crippen LogP contribution in [0.4, 0.5) is 13.2 Å². The number of imidazole rings is 1. The number of aliphatic hydroxyl groups is 1. The summed E-state index contributed by atoms with van der Waals surface area (Å²) < 4.78 is 46.4. The minimum absolute atomic E-state index is 0.00394. The first kappa shape index (κ1) is 19.8. The maximum atomic E-state index is 13.4. The third kappa shape index (κ3) is 3.98. The first-order valence-corrected chi connectivity index (χ1v) is 7.75. The Morgan fingerprint density at radius 3 is 2.62 bits per heavy atom. The third-order valence-corrected chi connectivity index (χ3v) is 4.04. The number of halogens is 3. The number of aryl methyl sites for hydroxylation is 2. The van der Waals surface area contributed by atoms with Gasteiger partial charge in [-0.1, -0.05) is 12.1 Å². The van der Waals surface area contributed by atoms with Crippen LogP contribution in [0.3, 0.4) is 0 Å². The number of benzene rings is 1. The van der Waals surface area contributed by atoms with Gasteiger partial charge in [0.15, 0.2) is 5.82 Å².